The van der Waals surface area contributed by atoms with Crippen LogP contribution < -0.4 is 26.0 Å². The lowest BCUT2D eigenvalue weighted by Crippen LogP contribution is -2.46. The molecular weight excluding hydrogens is 827 g/mol. The molecule has 2 aromatic heterocycles. The number of amides is 1. The zero-order valence-corrected chi connectivity index (χ0v) is 38.2. The molecule has 0 bridgehead atoms. The van der Waals surface area contributed by atoms with Gasteiger partial charge in [0, 0.05) is 84.0 Å². The molecule has 0 saturated carbocycles. The van der Waals surface area contributed by atoms with Crippen molar-refractivity contribution in [2.24, 2.45) is 0 Å². The Morgan fingerprint density at radius 1 is 0.924 bits per heavy atom. The fourth-order valence-electron chi connectivity index (χ4n) is 8.75. The smallest absolute Gasteiger partial charge is 0.250 e. The number of unbranched alkanes of at least 4 members (excludes halogenated alkanes) is 6. The van der Waals surface area contributed by atoms with E-state index in [-0.39, 0.29) is 24.1 Å². The quantitative estimate of drug-likeness (QED) is 0.0194. The van der Waals surface area contributed by atoms with E-state index in [1.807, 2.05) is 48.5 Å². The number of benzene rings is 3. The van der Waals surface area contributed by atoms with E-state index in [2.05, 4.69) is 97.5 Å². The molecule has 0 aliphatic carbocycles. The fraction of sp³-hybridized carbons (Fsp3) is 0.377. The molecule has 1 unspecified atom stereocenters. The molecule has 1 fully saturated rings. The number of nitrogens with one attached hydrogen (secondary N) is 5. The van der Waals surface area contributed by atoms with Crippen molar-refractivity contribution in [2.75, 3.05) is 43.5 Å². The lowest BCUT2D eigenvalue weighted by Gasteiger charge is -2.37. The van der Waals surface area contributed by atoms with E-state index < -0.39 is 0 Å². The molecular formula is C53H65N9O4. The highest BCUT2D eigenvalue weighted by atomic mass is 16.5. The van der Waals surface area contributed by atoms with Crippen LogP contribution >= 0.6 is 0 Å². The SMILES string of the molecule is C=CC(CCC=O)N1Cc2c(NC(=O)COCCCCCCCCCOc3cccc(CNC(=C)c4cccc(NC5(c6nc(-c7ccncc7)n[nH]6)CCNCC5)c4)c3)cccc2C1=C. The normalized spacial score (nSPS) is 14.5. The molecule has 346 valence electrons. The average Bonchev–Trinajstić information content (AvgIpc) is 3.99. The second kappa shape index (κ2) is 24.1. The molecule has 5 aromatic rings. The number of hydrogen-bond donors (Lipinski definition) is 5. The van der Waals surface area contributed by atoms with Gasteiger partial charge in [0.1, 0.15) is 18.6 Å². The maximum absolute atomic E-state index is 12.8. The van der Waals surface area contributed by atoms with Crippen molar-refractivity contribution in [2.45, 2.75) is 95.3 Å². The predicted octanol–water partition coefficient (Wildman–Crippen LogP) is 9.40. The largest absolute Gasteiger partial charge is 0.494 e. The molecule has 5 N–H and O–H groups in total. The number of aldehydes is 1. The van der Waals surface area contributed by atoms with Crippen LogP contribution in [0.4, 0.5) is 11.4 Å². The molecule has 13 nitrogen and oxygen atoms in total. The van der Waals surface area contributed by atoms with Gasteiger partial charge in [-0.25, -0.2) is 4.98 Å². The zero-order valence-electron chi connectivity index (χ0n) is 38.2. The molecule has 13 heteroatoms. The molecule has 4 heterocycles. The number of pyridine rings is 1. The monoisotopic (exact) mass is 892 g/mol. The number of nitrogens with zero attached hydrogens (tertiary/aromatic N) is 4. The Bertz CT molecular complexity index is 2390. The Morgan fingerprint density at radius 2 is 1.68 bits per heavy atom. The van der Waals surface area contributed by atoms with E-state index >= 15 is 0 Å². The van der Waals surface area contributed by atoms with Crippen LogP contribution in [-0.4, -0.2) is 76.2 Å². The molecule has 1 atom stereocenters. The number of anilines is 2. The summed E-state index contributed by atoms with van der Waals surface area (Å²) in [6.45, 7) is 16.8. The molecule has 2 aliphatic heterocycles. The predicted molar refractivity (Wildman–Crippen MR) is 263 cm³/mol. The van der Waals surface area contributed by atoms with Crippen molar-refractivity contribution in [3.8, 4) is 17.1 Å². The maximum atomic E-state index is 12.8. The molecule has 0 radical (unpaired) electrons. The van der Waals surface area contributed by atoms with Crippen LogP contribution in [0.3, 0.4) is 0 Å². The summed E-state index contributed by atoms with van der Waals surface area (Å²) in [4.78, 5) is 34.9. The minimum absolute atomic E-state index is 0.00772. The Hall–Kier alpha value is -6.57. The number of piperidine rings is 1. The molecule has 3 aromatic carbocycles. The van der Waals surface area contributed by atoms with Crippen LogP contribution in [0, 0.1) is 0 Å². The number of carbonyl (C=O) groups excluding carboxylic acids is 2. The number of hydrogen-bond acceptors (Lipinski definition) is 11. The summed E-state index contributed by atoms with van der Waals surface area (Å²) in [6.07, 6.45) is 16.8. The Labute approximate surface area is 389 Å². The van der Waals surface area contributed by atoms with Gasteiger partial charge in [0.05, 0.1) is 12.1 Å². The summed E-state index contributed by atoms with van der Waals surface area (Å²) >= 11 is 0. The lowest BCUT2D eigenvalue weighted by atomic mass is 9.87. The summed E-state index contributed by atoms with van der Waals surface area (Å²) < 4.78 is 11.9. The van der Waals surface area contributed by atoms with Crippen molar-refractivity contribution in [3.63, 3.8) is 0 Å². The van der Waals surface area contributed by atoms with E-state index in [0.29, 0.717) is 45.0 Å². The van der Waals surface area contributed by atoms with E-state index in [9.17, 15) is 9.59 Å². The molecule has 1 amide bonds. The fourth-order valence-corrected chi connectivity index (χ4v) is 8.75. The number of fused-ring (bicyclic) bond motifs is 1. The van der Waals surface area contributed by atoms with Gasteiger partial charge >= 0.3 is 0 Å². The van der Waals surface area contributed by atoms with Crippen LogP contribution in [0.1, 0.15) is 98.7 Å². The summed E-state index contributed by atoms with van der Waals surface area (Å²) in [6, 6.07) is 26.3. The first kappa shape index (κ1) is 47.4. The van der Waals surface area contributed by atoms with Crippen molar-refractivity contribution in [1.29, 1.82) is 0 Å². The molecule has 7 rings (SSSR count). The molecule has 1 saturated heterocycles. The lowest BCUT2D eigenvalue weighted by molar-refractivity contribution is -0.120. The van der Waals surface area contributed by atoms with Gasteiger partial charge in [-0.1, -0.05) is 87.7 Å². The Balaban J connectivity index is 0.749. The molecule has 2 aliphatic rings. The first-order chi connectivity index (χ1) is 32.4. The average molecular weight is 892 g/mol. The van der Waals surface area contributed by atoms with Gasteiger partial charge in [0.25, 0.3) is 0 Å². The van der Waals surface area contributed by atoms with Crippen LogP contribution in [0.5, 0.6) is 5.75 Å². The third kappa shape index (κ3) is 12.8. The Morgan fingerprint density at radius 3 is 2.47 bits per heavy atom. The third-order valence-electron chi connectivity index (χ3n) is 12.5. The first-order valence-corrected chi connectivity index (χ1v) is 23.4. The molecule has 66 heavy (non-hydrogen) atoms. The highest BCUT2D eigenvalue weighted by Crippen LogP contribution is 2.38. The van der Waals surface area contributed by atoms with Crippen LogP contribution in [0.2, 0.25) is 0 Å². The van der Waals surface area contributed by atoms with E-state index in [0.717, 1.165) is 133 Å². The van der Waals surface area contributed by atoms with Crippen LogP contribution in [0.15, 0.2) is 117 Å². The van der Waals surface area contributed by atoms with Crippen molar-refractivity contribution in [1.82, 2.24) is 35.7 Å². The van der Waals surface area contributed by atoms with E-state index in [4.69, 9.17) is 14.5 Å². The van der Waals surface area contributed by atoms with E-state index in [1.165, 1.54) is 6.42 Å². The van der Waals surface area contributed by atoms with Gasteiger partial charge in [-0.2, -0.15) is 5.10 Å². The highest BCUT2D eigenvalue weighted by Gasteiger charge is 2.37. The van der Waals surface area contributed by atoms with Gasteiger partial charge in [-0.15, -0.1) is 6.58 Å². The van der Waals surface area contributed by atoms with Crippen molar-refractivity contribution in [3.05, 3.63) is 145 Å². The van der Waals surface area contributed by atoms with E-state index in [1.54, 1.807) is 12.4 Å². The standard InChI is InChI=1S/C53H65N9O4/c1-4-45(19-15-31-63)62-37-48-47(40(62)3)21-14-22-49(48)57-50(64)38-65-32-10-8-6-5-7-9-11-33-66-46-20-12-16-41(34-46)36-56-39(2)43-17-13-18-44(35-43)59-53(25-29-55-30-26-53)52-58-51(60-61-52)42-23-27-54-28-24-42/h4,12-14,16-18,20-24,27-28,31,34-35,45,55-56,59H,1-3,5-11,15,19,25-26,29-30,32-33,36-38H2,(H,57,64)(H,58,60,61). The third-order valence-corrected chi connectivity index (χ3v) is 12.5. The minimum Gasteiger partial charge on any atom is -0.494 e. The van der Waals surface area contributed by atoms with Crippen LogP contribution in [-0.2, 0) is 33.0 Å². The number of aromatic nitrogens is 4. The summed E-state index contributed by atoms with van der Waals surface area (Å²) in [5.41, 5.74) is 8.21. The van der Waals surface area contributed by atoms with Crippen molar-refractivity contribution >= 4 is 35.0 Å². The van der Waals surface area contributed by atoms with Gasteiger partial charge in [-0.3, -0.25) is 14.9 Å². The van der Waals surface area contributed by atoms with Gasteiger partial charge in [-0.05, 0) is 98.8 Å². The number of rotatable bonds is 27. The number of aromatic amines is 1. The maximum Gasteiger partial charge on any atom is 0.250 e. The summed E-state index contributed by atoms with van der Waals surface area (Å²) in [7, 11) is 0. The van der Waals surface area contributed by atoms with Crippen molar-refractivity contribution < 1.29 is 19.1 Å². The zero-order chi connectivity index (χ0) is 46.0. The van der Waals surface area contributed by atoms with Crippen LogP contribution in [0.25, 0.3) is 22.8 Å². The number of carbonyl (C=O) groups is 2. The van der Waals surface area contributed by atoms with Gasteiger partial charge in [0.2, 0.25) is 5.91 Å². The Kier molecular flexibility index (Phi) is 17.3. The summed E-state index contributed by atoms with van der Waals surface area (Å²) in [5, 5.41) is 21.6. The number of ether oxygens (including phenoxy) is 2. The topological polar surface area (TPSA) is 158 Å². The van der Waals surface area contributed by atoms with Gasteiger partial charge < -0.3 is 40.4 Å². The van der Waals surface area contributed by atoms with Gasteiger partial charge in [0.15, 0.2) is 11.6 Å². The number of H-pyrrole nitrogens is 1. The first-order valence-electron chi connectivity index (χ1n) is 23.4. The minimum atomic E-state index is -0.388. The summed E-state index contributed by atoms with van der Waals surface area (Å²) in [5.74, 6) is 2.20. The second-order valence-electron chi connectivity index (χ2n) is 17.1. The highest BCUT2D eigenvalue weighted by molar-refractivity contribution is 5.93. The molecule has 0 spiro atoms. The second-order valence-corrected chi connectivity index (χ2v) is 17.1.